The molecule has 2 N–H and O–H groups in total. The molecule has 1 unspecified atom stereocenters. The maximum Gasteiger partial charge on any atom is 0.244 e. The fourth-order valence-corrected chi connectivity index (χ4v) is 0.254. The van der Waals surface area contributed by atoms with Gasteiger partial charge in [0, 0.05) is 0 Å². The van der Waals surface area contributed by atoms with Crippen molar-refractivity contribution >= 4 is 30.9 Å². The third-order valence-corrected chi connectivity index (χ3v) is 1.46. The fourth-order valence-electron chi connectivity index (χ4n) is 0.254. The quantitative estimate of drug-likeness (QED) is 0.442. The molecule has 0 aromatic rings. The zero-order valence-corrected chi connectivity index (χ0v) is 7.08. The minimum Gasteiger partial charge on any atom is -0.368 e. The van der Waals surface area contributed by atoms with Gasteiger partial charge in [0.25, 0.3) is 0 Å². The number of carbonyl (C=O) groups is 1. The standard InChI is InChI=1S/C4H10N2OS.ClH/c1-6(2)4(8)3(5)7;/h4,8H,1-2H3,(H2,5,7);1H. The normalized spacial score (nSPS) is 12.4. The molecule has 0 fully saturated rings. The summed E-state index contributed by atoms with van der Waals surface area (Å²) >= 11 is 3.87. The van der Waals surface area contributed by atoms with Crippen LogP contribution in [0.25, 0.3) is 0 Å². The minimum absolute atomic E-state index is 0. The van der Waals surface area contributed by atoms with E-state index in [9.17, 15) is 4.79 Å². The zero-order chi connectivity index (χ0) is 6.73. The van der Waals surface area contributed by atoms with E-state index in [1.807, 2.05) is 0 Å². The highest BCUT2D eigenvalue weighted by Gasteiger charge is 2.09. The largest absolute Gasteiger partial charge is 0.368 e. The maximum atomic E-state index is 10.2. The molecular weight excluding hydrogens is 160 g/mol. The molecule has 0 aliphatic heterocycles. The van der Waals surface area contributed by atoms with Crippen LogP contribution in [0.3, 0.4) is 0 Å². The lowest BCUT2D eigenvalue weighted by molar-refractivity contribution is -0.119. The van der Waals surface area contributed by atoms with Gasteiger partial charge in [0.1, 0.15) is 5.37 Å². The van der Waals surface area contributed by atoms with Crippen molar-refractivity contribution in [3.05, 3.63) is 0 Å². The summed E-state index contributed by atoms with van der Waals surface area (Å²) in [5, 5.41) is -0.463. The van der Waals surface area contributed by atoms with E-state index in [0.29, 0.717) is 0 Å². The lowest BCUT2D eigenvalue weighted by Crippen LogP contribution is -2.35. The Morgan fingerprint density at radius 1 is 1.67 bits per heavy atom. The Morgan fingerprint density at radius 3 is 2.00 bits per heavy atom. The minimum atomic E-state index is -0.463. The van der Waals surface area contributed by atoms with Crippen LogP contribution in [0.4, 0.5) is 0 Å². The number of amides is 1. The summed E-state index contributed by atoms with van der Waals surface area (Å²) in [6.07, 6.45) is 0. The van der Waals surface area contributed by atoms with Gasteiger partial charge >= 0.3 is 0 Å². The van der Waals surface area contributed by atoms with E-state index in [4.69, 9.17) is 5.73 Å². The number of nitrogens with zero attached hydrogens (tertiary/aromatic N) is 1. The van der Waals surface area contributed by atoms with Crippen molar-refractivity contribution in [1.29, 1.82) is 0 Å². The van der Waals surface area contributed by atoms with Gasteiger partial charge in [0.05, 0.1) is 0 Å². The molecule has 0 aliphatic carbocycles. The van der Waals surface area contributed by atoms with Gasteiger partial charge in [-0.25, -0.2) is 0 Å². The van der Waals surface area contributed by atoms with Crippen molar-refractivity contribution in [2.75, 3.05) is 14.1 Å². The highest BCUT2D eigenvalue weighted by molar-refractivity contribution is 7.81. The van der Waals surface area contributed by atoms with E-state index < -0.39 is 11.3 Å². The van der Waals surface area contributed by atoms with Crippen molar-refractivity contribution in [2.24, 2.45) is 5.73 Å². The van der Waals surface area contributed by atoms with Crippen molar-refractivity contribution in [3.63, 3.8) is 0 Å². The van der Waals surface area contributed by atoms with Gasteiger partial charge in [-0.3, -0.25) is 9.69 Å². The number of primary amides is 1. The van der Waals surface area contributed by atoms with Crippen LogP contribution in [0.5, 0.6) is 0 Å². The Hall–Kier alpha value is 0.0700. The maximum absolute atomic E-state index is 10.2. The number of likely N-dealkylation sites (N-methyl/N-ethyl adjacent to an activating group) is 1. The first-order valence-electron chi connectivity index (χ1n) is 2.19. The molecule has 3 nitrogen and oxygen atoms in total. The van der Waals surface area contributed by atoms with Crippen LogP contribution in [0.2, 0.25) is 0 Å². The first-order chi connectivity index (χ1) is 3.55. The Labute approximate surface area is 66.4 Å². The topological polar surface area (TPSA) is 46.3 Å². The third kappa shape index (κ3) is 4.57. The van der Waals surface area contributed by atoms with E-state index >= 15 is 0 Å². The predicted octanol–water partition coefficient (Wildman–Crippen LogP) is -0.289. The molecule has 0 saturated carbocycles. The van der Waals surface area contributed by atoms with Crippen molar-refractivity contribution in [1.82, 2.24) is 4.90 Å². The number of hydrogen-bond donors (Lipinski definition) is 2. The Balaban J connectivity index is 0. The molecule has 0 spiro atoms. The summed E-state index contributed by atoms with van der Waals surface area (Å²) in [6.45, 7) is 0. The van der Waals surface area contributed by atoms with Crippen molar-refractivity contribution < 1.29 is 4.79 Å². The van der Waals surface area contributed by atoms with E-state index in [1.54, 1.807) is 19.0 Å². The molecule has 0 aromatic carbocycles. The van der Waals surface area contributed by atoms with Gasteiger partial charge in [0.2, 0.25) is 5.91 Å². The summed E-state index contributed by atoms with van der Waals surface area (Å²) in [4.78, 5) is 11.9. The van der Waals surface area contributed by atoms with Crippen LogP contribution in [-0.4, -0.2) is 30.3 Å². The number of rotatable bonds is 2. The molecule has 0 aliphatic rings. The van der Waals surface area contributed by atoms with Crippen LogP contribution >= 0.6 is 25.0 Å². The van der Waals surface area contributed by atoms with Gasteiger partial charge in [-0.15, -0.1) is 12.4 Å². The predicted molar refractivity (Wildman–Crippen MR) is 42.9 cm³/mol. The van der Waals surface area contributed by atoms with Crippen molar-refractivity contribution in [3.8, 4) is 0 Å². The second-order valence-electron chi connectivity index (χ2n) is 1.74. The van der Waals surface area contributed by atoms with Gasteiger partial charge in [0.15, 0.2) is 0 Å². The van der Waals surface area contributed by atoms with Gasteiger partial charge in [-0.2, -0.15) is 12.6 Å². The highest BCUT2D eigenvalue weighted by Crippen LogP contribution is 1.94. The average molecular weight is 171 g/mol. The Kier molecular flexibility index (Phi) is 6.44. The van der Waals surface area contributed by atoms with E-state index in [1.165, 1.54) is 0 Å². The second-order valence-corrected chi connectivity index (χ2v) is 2.23. The first kappa shape index (κ1) is 11.8. The van der Waals surface area contributed by atoms with Gasteiger partial charge in [-0.05, 0) is 14.1 Å². The molecule has 9 heavy (non-hydrogen) atoms. The van der Waals surface area contributed by atoms with Crippen molar-refractivity contribution in [2.45, 2.75) is 5.37 Å². The van der Waals surface area contributed by atoms with Crippen LogP contribution in [0.1, 0.15) is 0 Å². The molecule has 1 atom stereocenters. The van der Waals surface area contributed by atoms with Crippen LogP contribution < -0.4 is 5.73 Å². The zero-order valence-electron chi connectivity index (χ0n) is 5.37. The molecule has 0 radical (unpaired) electrons. The average Bonchev–Trinajstić information content (AvgIpc) is 1.64. The molecular formula is C4H11ClN2OS. The Bertz CT molecular complexity index is 98.6. The molecule has 0 saturated heterocycles. The van der Waals surface area contributed by atoms with Gasteiger partial charge < -0.3 is 5.73 Å². The molecule has 0 bridgehead atoms. The number of carbonyl (C=O) groups excluding carboxylic acids is 1. The van der Waals surface area contributed by atoms with E-state index in [-0.39, 0.29) is 12.4 Å². The number of thiol groups is 1. The summed E-state index contributed by atoms with van der Waals surface area (Å²) in [7, 11) is 3.48. The summed E-state index contributed by atoms with van der Waals surface area (Å²) < 4.78 is 0. The van der Waals surface area contributed by atoms with Gasteiger partial charge in [-0.1, -0.05) is 0 Å². The summed E-state index contributed by atoms with van der Waals surface area (Å²) in [5.74, 6) is -0.418. The highest BCUT2D eigenvalue weighted by atomic mass is 35.5. The monoisotopic (exact) mass is 170 g/mol. The summed E-state index contributed by atoms with van der Waals surface area (Å²) in [6, 6.07) is 0. The lowest BCUT2D eigenvalue weighted by Gasteiger charge is -2.13. The molecule has 1 amide bonds. The molecule has 0 heterocycles. The lowest BCUT2D eigenvalue weighted by atomic mass is 10.6. The summed E-state index contributed by atoms with van der Waals surface area (Å²) in [5.41, 5.74) is 4.88. The smallest absolute Gasteiger partial charge is 0.244 e. The fraction of sp³-hybridized carbons (Fsp3) is 0.750. The van der Waals surface area contributed by atoms with E-state index in [2.05, 4.69) is 12.6 Å². The van der Waals surface area contributed by atoms with Crippen LogP contribution in [0, 0.1) is 0 Å². The van der Waals surface area contributed by atoms with E-state index in [0.717, 1.165) is 0 Å². The first-order valence-corrected chi connectivity index (χ1v) is 2.71. The molecule has 5 heteroatoms. The molecule has 0 rings (SSSR count). The SMILES string of the molecule is CN(C)C(S)C(N)=O.Cl. The van der Waals surface area contributed by atoms with Crippen LogP contribution in [-0.2, 0) is 4.79 Å². The number of halogens is 1. The number of nitrogens with two attached hydrogens (primary N) is 1. The third-order valence-electron chi connectivity index (χ3n) is 0.744. The van der Waals surface area contributed by atoms with Crippen LogP contribution in [0.15, 0.2) is 0 Å². The number of hydrogen-bond acceptors (Lipinski definition) is 3. The Morgan fingerprint density at radius 2 is 2.00 bits per heavy atom. The second kappa shape index (κ2) is 4.90. The molecule has 56 valence electrons. The molecule has 0 aromatic heterocycles.